The smallest absolute Gasteiger partial charge is 0.140 e. The van der Waals surface area contributed by atoms with Gasteiger partial charge < -0.3 is 15.8 Å². The van der Waals surface area contributed by atoms with E-state index in [1.54, 1.807) is 0 Å². The van der Waals surface area contributed by atoms with Crippen LogP contribution in [0.25, 0.3) is 0 Å². The summed E-state index contributed by atoms with van der Waals surface area (Å²) in [5.74, 6) is 0.323. The fourth-order valence-corrected chi connectivity index (χ4v) is 2.03. The summed E-state index contributed by atoms with van der Waals surface area (Å²) in [6.07, 6.45) is 8.58. The molecule has 0 saturated carbocycles. The zero-order valence-electron chi connectivity index (χ0n) is 12.4. The summed E-state index contributed by atoms with van der Waals surface area (Å²) < 4.78 is 0. The molecule has 0 radical (unpaired) electrons. The third-order valence-electron chi connectivity index (χ3n) is 3.31. The monoisotopic (exact) mass is 257 g/mol. The van der Waals surface area contributed by atoms with Crippen molar-refractivity contribution in [1.82, 2.24) is 4.90 Å². The molecule has 0 aromatic heterocycles. The summed E-state index contributed by atoms with van der Waals surface area (Å²) in [4.78, 5) is 2.40. The Bertz CT molecular complexity index is 217. The van der Waals surface area contributed by atoms with Gasteiger partial charge in [0.1, 0.15) is 5.84 Å². The molecule has 0 aromatic rings. The van der Waals surface area contributed by atoms with Crippen molar-refractivity contribution in [2.24, 2.45) is 10.9 Å². The largest absolute Gasteiger partial charge is 0.409 e. The third-order valence-corrected chi connectivity index (χ3v) is 3.31. The molecule has 108 valence electrons. The van der Waals surface area contributed by atoms with Gasteiger partial charge in [0.15, 0.2) is 0 Å². The molecule has 3 N–H and O–H groups in total. The van der Waals surface area contributed by atoms with Crippen LogP contribution in [0.5, 0.6) is 0 Å². The van der Waals surface area contributed by atoms with Crippen LogP contribution in [0.4, 0.5) is 0 Å². The Labute approximate surface area is 112 Å². The van der Waals surface area contributed by atoms with Crippen LogP contribution in [0, 0.1) is 0 Å². The van der Waals surface area contributed by atoms with E-state index in [-0.39, 0.29) is 0 Å². The summed E-state index contributed by atoms with van der Waals surface area (Å²) in [6.45, 7) is 8.63. The number of hydrogen-bond donors (Lipinski definition) is 2. The van der Waals surface area contributed by atoms with Crippen molar-refractivity contribution in [3.8, 4) is 0 Å². The van der Waals surface area contributed by atoms with Crippen molar-refractivity contribution >= 4 is 5.84 Å². The molecular weight excluding hydrogens is 226 g/mol. The predicted molar refractivity (Wildman–Crippen MR) is 78.1 cm³/mol. The van der Waals surface area contributed by atoms with Crippen LogP contribution in [0.15, 0.2) is 5.16 Å². The van der Waals surface area contributed by atoms with Crippen LogP contribution in [0.1, 0.15) is 65.7 Å². The molecule has 0 atom stereocenters. The second-order valence-electron chi connectivity index (χ2n) is 5.24. The Morgan fingerprint density at radius 3 is 2.28 bits per heavy atom. The highest BCUT2D eigenvalue weighted by Gasteiger charge is 2.09. The molecule has 0 aliphatic heterocycles. The molecule has 0 aromatic carbocycles. The summed E-state index contributed by atoms with van der Waals surface area (Å²) in [5, 5.41) is 11.5. The van der Waals surface area contributed by atoms with Crippen LogP contribution in [0.3, 0.4) is 0 Å². The number of nitrogens with zero attached hydrogens (tertiary/aromatic N) is 2. The van der Waals surface area contributed by atoms with E-state index in [9.17, 15) is 0 Å². The summed E-state index contributed by atoms with van der Waals surface area (Å²) in [5.41, 5.74) is 5.50. The van der Waals surface area contributed by atoms with Gasteiger partial charge in [0.05, 0.1) is 0 Å². The minimum absolute atomic E-state index is 0.323. The number of unbranched alkanes of at least 4 members (excludes halogenated alkanes) is 5. The second kappa shape index (κ2) is 11.3. The lowest BCUT2D eigenvalue weighted by Crippen LogP contribution is -2.34. The molecule has 0 spiro atoms. The molecule has 0 amide bonds. The number of nitrogens with two attached hydrogens (primary N) is 1. The molecule has 0 bridgehead atoms. The van der Waals surface area contributed by atoms with E-state index in [4.69, 9.17) is 10.9 Å². The van der Waals surface area contributed by atoms with Crippen LogP contribution in [-0.2, 0) is 0 Å². The Kier molecular flexibility index (Phi) is 10.8. The van der Waals surface area contributed by atoms with Gasteiger partial charge >= 0.3 is 0 Å². The highest BCUT2D eigenvalue weighted by Crippen LogP contribution is 2.08. The quantitative estimate of drug-likeness (QED) is 0.196. The Morgan fingerprint density at radius 2 is 1.72 bits per heavy atom. The minimum Gasteiger partial charge on any atom is -0.409 e. The SMILES string of the molecule is CCCCCCCCN(CCC(N)=NO)C(C)C. The van der Waals surface area contributed by atoms with Gasteiger partial charge in [-0.3, -0.25) is 0 Å². The van der Waals surface area contributed by atoms with Gasteiger partial charge in [0.2, 0.25) is 0 Å². The number of amidine groups is 1. The Morgan fingerprint density at radius 1 is 1.11 bits per heavy atom. The lowest BCUT2D eigenvalue weighted by Gasteiger charge is -2.26. The van der Waals surface area contributed by atoms with E-state index in [0.717, 1.165) is 13.1 Å². The van der Waals surface area contributed by atoms with Gasteiger partial charge in [-0.15, -0.1) is 0 Å². The van der Waals surface area contributed by atoms with Crippen molar-refractivity contribution < 1.29 is 5.21 Å². The molecule has 0 rings (SSSR count). The first kappa shape index (κ1) is 17.2. The van der Waals surface area contributed by atoms with Gasteiger partial charge in [-0.2, -0.15) is 0 Å². The lowest BCUT2D eigenvalue weighted by molar-refractivity contribution is 0.221. The van der Waals surface area contributed by atoms with E-state index in [1.165, 1.54) is 38.5 Å². The zero-order valence-corrected chi connectivity index (χ0v) is 12.4. The molecule has 0 fully saturated rings. The summed E-state index contributed by atoms with van der Waals surface area (Å²) in [7, 11) is 0. The third kappa shape index (κ3) is 9.28. The van der Waals surface area contributed by atoms with Crippen LogP contribution in [-0.4, -0.2) is 35.1 Å². The topological polar surface area (TPSA) is 61.8 Å². The second-order valence-corrected chi connectivity index (χ2v) is 5.24. The average Bonchev–Trinajstić information content (AvgIpc) is 2.36. The molecular formula is C14H31N3O. The standard InChI is InChI=1S/C14H31N3O/c1-4-5-6-7-8-9-11-17(13(2)3)12-10-14(15)16-18/h13,18H,4-12H2,1-3H3,(H2,15,16). The predicted octanol–water partition coefficient (Wildman–Crippen LogP) is 3.19. The van der Waals surface area contributed by atoms with E-state index < -0.39 is 0 Å². The van der Waals surface area contributed by atoms with Crippen LogP contribution < -0.4 is 5.73 Å². The molecule has 0 aliphatic carbocycles. The normalized spacial score (nSPS) is 12.6. The van der Waals surface area contributed by atoms with Crippen molar-refractivity contribution in [1.29, 1.82) is 0 Å². The maximum absolute atomic E-state index is 8.53. The van der Waals surface area contributed by atoms with Crippen molar-refractivity contribution in [2.75, 3.05) is 13.1 Å². The molecule has 0 unspecified atom stereocenters. The molecule has 0 aliphatic rings. The fourth-order valence-electron chi connectivity index (χ4n) is 2.03. The zero-order chi connectivity index (χ0) is 13.8. The highest BCUT2D eigenvalue weighted by atomic mass is 16.4. The first-order valence-corrected chi connectivity index (χ1v) is 7.32. The first-order valence-electron chi connectivity index (χ1n) is 7.32. The maximum atomic E-state index is 8.53. The lowest BCUT2D eigenvalue weighted by atomic mass is 10.1. The Balaban J connectivity index is 3.70. The van der Waals surface area contributed by atoms with Gasteiger partial charge in [0.25, 0.3) is 0 Å². The van der Waals surface area contributed by atoms with Crippen LogP contribution in [0.2, 0.25) is 0 Å². The van der Waals surface area contributed by atoms with Crippen LogP contribution >= 0.6 is 0 Å². The van der Waals surface area contributed by atoms with E-state index in [0.29, 0.717) is 18.3 Å². The minimum atomic E-state index is 0.323. The Hall–Kier alpha value is -0.770. The number of hydrogen-bond acceptors (Lipinski definition) is 3. The highest BCUT2D eigenvalue weighted by molar-refractivity contribution is 5.79. The van der Waals surface area contributed by atoms with Gasteiger partial charge in [-0.05, 0) is 26.8 Å². The van der Waals surface area contributed by atoms with Crippen molar-refractivity contribution in [2.45, 2.75) is 71.8 Å². The first-order chi connectivity index (χ1) is 8.61. The van der Waals surface area contributed by atoms with Gasteiger partial charge in [0, 0.05) is 19.0 Å². The van der Waals surface area contributed by atoms with E-state index >= 15 is 0 Å². The molecule has 4 heteroatoms. The van der Waals surface area contributed by atoms with Crippen molar-refractivity contribution in [3.63, 3.8) is 0 Å². The molecule has 18 heavy (non-hydrogen) atoms. The van der Waals surface area contributed by atoms with E-state index in [1.807, 2.05) is 0 Å². The van der Waals surface area contributed by atoms with Gasteiger partial charge in [-0.25, -0.2) is 0 Å². The summed E-state index contributed by atoms with van der Waals surface area (Å²) in [6, 6.07) is 0.520. The fraction of sp³-hybridized carbons (Fsp3) is 0.929. The average molecular weight is 257 g/mol. The maximum Gasteiger partial charge on any atom is 0.140 e. The molecule has 4 nitrogen and oxygen atoms in total. The summed E-state index contributed by atoms with van der Waals surface area (Å²) >= 11 is 0. The molecule has 0 saturated heterocycles. The van der Waals surface area contributed by atoms with E-state index in [2.05, 4.69) is 30.8 Å². The number of rotatable bonds is 11. The van der Waals surface area contributed by atoms with Gasteiger partial charge in [-0.1, -0.05) is 44.2 Å². The number of oxime groups is 1. The van der Waals surface area contributed by atoms with Crippen molar-refractivity contribution in [3.05, 3.63) is 0 Å². The molecule has 0 heterocycles.